The minimum absolute atomic E-state index is 0.0976. The maximum atomic E-state index is 13.1. The normalized spacial score (nSPS) is 10.6. The summed E-state index contributed by atoms with van der Waals surface area (Å²) in [7, 11) is 2.88. The van der Waals surface area contributed by atoms with Crippen LogP contribution in [-0.4, -0.2) is 37.3 Å². The van der Waals surface area contributed by atoms with E-state index in [-0.39, 0.29) is 42.4 Å². The summed E-state index contributed by atoms with van der Waals surface area (Å²) in [5.41, 5.74) is 0.376. The average molecular weight is 442 g/mol. The Labute approximate surface area is 183 Å². The fourth-order valence-corrected chi connectivity index (χ4v) is 3.22. The highest BCUT2D eigenvalue weighted by atomic mass is 19.1. The second-order valence-electron chi connectivity index (χ2n) is 6.85. The van der Waals surface area contributed by atoms with Gasteiger partial charge >= 0.3 is 5.97 Å². The molecule has 0 aliphatic carbocycles. The van der Waals surface area contributed by atoms with Crippen LogP contribution >= 0.6 is 0 Å². The lowest BCUT2D eigenvalue weighted by molar-refractivity contribution is -0.121. The van der Waals surface area contributed by atoms with Gasteiger partial charge in [-0.15, -0.1) is 0 Å². The standard InChI is InChI=1S/C23H23FN2O6/c1-4-32-23(29)17-12-26(13-21(27)25-11-14-5-7-15(24)8-6-14)18-10-20(31-3)19(30-2)9-16(18)22(17)28/h5-10,12H,4,11,13H2,1-3H3,(H,25,27). The van der Waals surface area contributed by atoms with Crippen molar-refractivity contribution < 1.29 is 28.2 Å². The second kappa shape index (κ2) is 9.95. The van der Waals surface area contributed by atoms with Crippen LogP contribution in [0.5, 0.6) is 11.5 Å². The van der Waals surface area contributed by atoms with E-state index in [1.807, 2.05) is 0 Å². The highest BCUT2D eigenvalue weighted by Crippen LogP contribution is 2.31. The van der Waals surface area contributed by atoms with Gasteiger partial charge in [0.15, 0.2) is 11.5 Å². The number of carbonyl (C=O) groups excluding carboxylic acids is 2. The maximum absolute atomic E-state index is 13.1. The summed E-state index contributed by atoms with van der Waals surface area (Å²) in [6.07, 6.45) is 1.30. The highest BCUT2D eigenvalue weighted by molar-refractivity contribution is 5.95. The Morgan fingerprint density at radius 2 is 1.72 bits per heavy atom. The van der Waals surface area contributed by atoms with Crippen LogP contribution in [0.2, 0.25) is 0 Å². The number of amides is 1. The SMILES string of the molecule is CCOC(=O)c1cn(CC(=O)NCc2ccc(F)cc2)c2cc(OC)c(OC)cc2c1=O. The van der Waals surface area contributed by atoms with E-state index >= 15 is 0 Å². The number of nitrogens with zero attached hydrogens (tertiary/aromatic N) is 1. The van der Waals surface area contributed by atoms with E-state index in [0.29, 0.717) is 17.0 Å². The summed E-state index contributed by atoms with van der Waals surface area (Å²) in [6, 6.07) is 8.79. The van der Waals surface area contributed by atoms with Gasteiger partial charge in [0.1, 0.15) is 17.9 Å². The molecule has 2 aromatic carbocycles. The first-order chi connectivity index (χ1) is 15.4. The Morgan fingerprint density at radius 3 is 2.34 bits per heavy atom. The van der Waals surface area contributed by atoms with Crippen molar-refractivity contribution in [1.29, 1.82) is 0 Å². The second-order valence-corrected chi connectivity index (χ2v) is 6.85. The minimum Gasteiger partial charge on any atom is -0.493 e. The topological polar surface area (TPSA) is 95.9 Å². The van der Waals surface area contributed by atoms with E-state index in [1.54, 1.807) is 25.1 Å². The largest absolute Gasteiger partial charge is 0.493 e. The summed E-state index contributed by atoms with van der Waals surface area (Å²) < 4.78 is 30.1. The van der Waals surface area contributed by atoms with Gasteiger partial charge in [0, 0.05) is 18.8 Å². The molecular weight excluding hydrogens is 419 g/mol. The number of hydrogen-bond acceptors (Lipinski definition) is 6. The third-order valence-electron chi connectivity index (χ3n) is 4.80. The Morgan fingerprint density at radius 1 is 1.06 bits per heavy atom. The van der Waals surface area contributed by atoms with E-state index in [2.05, 4.69) is 5.32 Å². The van der Waals surface area contributed by atoms with E-state index in [9.17, 15) is 18.8 Å². The van der Waals surface area contributed by atoms with Gasteiger partial charge in [-0.25, -0.2) is 9.18 Å². The predicted octanol–water partition coefficient (Wildman–Crippen LogP) is 2.65. The minimum atomic E-state index is -0.783. The first-order valence-corrected chi connectivity index (χ1v) is 9.85. The number of rotatable bonds is 8. The molecule has 0 fully saturated rings. The van der Waals surface area contributed by atoms with Crippen LogP contribution in [-0.2, 0) is 22.6 Å². The lowest BCUT2D eigenvalue weighted by atomic mass is 10.1. The number of pyridine rings is 1. The van der Waals surface area contributed by atoms with E-state index in [0.717, 1.165) is 5.56 Å². The number of hydrogen-bond donors (Lipinski definition) is 1. The van der Waals surface area contributed by atoms with Gasteiger partial charge in [-0.2, -0.15) is 0 Å². The van der Waals surface area contributed by atoms with E-state index in [4.69, 9.17) is 14.2 Å². The van der Waals surface area contributed by atoms with Gasteiger partial charge < -0.3 is 24.1 Å². The molecular formula is C23H23FN2O6. The Kier molecular flexibility index (Phi) is 7.09. The van der Waals surface area contributed by atoms with Gasteiger partial charge in [0.05, 0.1) is 31.7 Å². The summed E-state index contributed by atoms with van der Waals surface area (Å²) in [6.45, 7) is 1.74. The molecule has 168 valence electrons. The maximum Gasteiger partial charge on any atom is 0.343 e. The summed E-state index contributed by atoms with van der Waals surface area (Å²) in [5, 5.41) is 2.92. The molecule has 9 heteroatoms. The number of ether oxygens (including phenoxy) is 3. The molecule has 8 nitrogen and oxygen atoms in total. The van der Waals surface area contributed by atoms with Crippen molar-refractivity contribution in [2.24, 2.45) is 0 Å². The molecule has 0 aliphatic rings. The molecule has 0 spiro atoms. The number of benzene rings is 2. The molecule has 1 aromatic heterocycles. The number of fused-ring (bicyclic) bond motifs is 1. The molecule has 3 aromatic rings. The molecule has 0 atom stereocenters. The number of nitrogens with one attached hydrogen (secondary N) is 1. The van der Waals surface area contributed by atoms with E-state index in [1.165, 1.54) is 43.2 Å². The highest BCUT2D eigenvalue weighted by Gasteiger charge is 2.20. The summed E-state index contributed by atoms with van der Waals surface area (Å²) >= 11 is 0. The van der Waals surface area contributed by atoms with Gasteiger partial charge in [-0.1, -0.05) is 12.1 Å². The molecule has 0 aliphatic heterocycles. The van der Waals surface area contributed by atoms with Crippen molar-refractivity contribution in [3.8, 4) is 11.5 Å². The molecule has 0 bridgehead atoms. The molecule has 0 unspecified atom stereocenters. The molecule has 0 saturated heterocycles. The molecule has 0 saturated carbocycles. The average Bonchev–Trinajstić information content (AvgIpc) is 2.79. The van der Waals surface area contributed by atoms with Gasteiger partial charge in [0.2, 0.25) is 11.3 Å². The van der Waals surface area contributed by atoms with Crippen molar-refractivity contribution in [3.63, 3.8) is 0 Å². The number of aromatic nitrogens is 1. The number of methoxy groups -OCH3 is 2. The van der Waals surface area contributed by atoms with Crippen LogP contribution < -0.4 is 20.2 Å². The van der Waals surface area contributed by atoms with Crippen molar-refractivity contribution in [3.05, 3.63) is 69.8 Å². The first-order valence-electron chi connectivity index (χ1n) is 9.85. The smallest absolute Gasteiger partial charge is 0.343 e. The Bertz CT molecular complexity index is 1200. The fraction of sp³-hybridized carbons (Fsp3) is 0.261. The van der Waals surface area contributed by atoms with Crippen LogP contribution in [0.15, 0.2) is 47.4 Å². The zero-order chi connectivity index (χ0) is 23.3. The van der Waals surface area contributed by atoms with Crippen molar-refractivity contribution in [1.82, 2.24) is 9.88 Å². The van der Waals surface area contributed by atoms with Crippen molar-refractivity contribution in [2.45, 2.75) is 20.0 Å². The van der Waals surface area contributed by atoms with Crippen LogP contribution in [0.4, 0.5) is 4.39 Å². The summed E-state index contributed by atoms with van der Waals surface area (Å²) in [4.78, 5) is 37.9. The van der Waals surface area contributed by atoms with Crippen LogP contribution in [0, 0.1) is 5.82 Å². The molecule has 1 amide bonds. The Hall–Kier alpha value is -3.88. The monoisotopic (exact) mass is 442 g/mol. The number of esters is 1. The molecule has 3 rings (SSSR count). The lowest BCUT2D eigenvalue weighted by Crippen LogP contribution is -2.29. The Balaban J connectivity index is 1.99. The quantitative estimate of drug-likeness (QED) is 0.539. The lowest BCUT2D eigenvalue weighted by Gasteiger charge is -2.16. The molecule has 1 N–H and O–H groups in total. The van der Waals surface area contributed by atoms with Gasteiger partial charge in [0.25, 0.3) is 0 Å². The third kappa shape index (κ3) is 4.88. The van der Waals surface area contributed by atoms with Crippen molar-refractivity contribution >= 4 is 22.8 Å². The third-order valence-corrected chi connectivity index (χ3v) is 4.80. The first kappa shape index (κ1) is 22.8. The number of halogens is 1. The van der Waals surface area contributed by atoms with Crippen LogP contribution in [0.3, 0.4) is 0 Å². The van der Waals surface area contributed by atoms with Gasteiger partial charge in [-0.3, -0.25) is 9.59 Å². The molecule has 1 heterocycles. The summed E-state index contributed by atoms with van der Waals surface area (Å²) in [5.74, 6) is -0.844. The van der Waals surface area contributed by atoms with E-state index < -0.39 is 11.4 Å². The molecule has 32 heavy (non-hydrogen) atoms. The van der Waals surface area contributed by atoms with Crippen LogP contribution in [0.1, 0.15) is 22.8 Å². The predicted molar refractivity (Wildman–Crippen MR) is 116 cm³/mol. The van der Waals surface area contributed by atoms with Gasteiger partial charge in [-0.05, 0) is 30.7 Å². The molecule has 0 radical (unpaired) electrons. The van der Waals surface area contributed by atoms with Crippen LogP contribution in [0.25, 0.3) is 10.9 Å². The zero-order valence-electron chi connectivity index (χ0n) is 17.9. The van der Waals surface area contributed by atoms with Crippen molar-refractivity contribution in [2.75, 3.05) is 20.8 Å². The zero-order valence-corrected chi connectivity index (χ0v) is 17.9. The number of carbonyl (C=O) groups is 2. The fourth-order valence-electron chi connectivity index (χ4n) is 3.22.